The van der Waals surface area contributed by atoms with E-state index in [9.17, 15) is 17.9 Å². The lowest BCUT2D eigenvalue weighted by Crippen LogP contribution is -2.34. The summed E-state index contributed by atoms with van der Waals surface area (Å²) in [5.41, 5.74) is 0.558. The summed E-state index contributed by atoms with van der Waals surface area (Å²) in [5.74, 6) is -0.569. The molecule has 0 spiro atoms. The Kier molecular flexibility index (Phi) is 4.74. The molecule has 1 heterocycles. The van der Waals surface area contributed by atoms with Crippen molar-refractivity contribution >= 4 is 10.0 Å². The Labute approximate surface area is 118 Å². The second-order valence-corrected chi connectivity index (χ2v) is 6.88. The van der Waals surface area contributed by atoms with Crippen molar-refractivity contribution in [2.45, 2.75) is 18.6 Å². The highest BCUT2D eigenvalue weighted by molar-refractivity contribution is 7.89. The van der Waals surface area contributed by atoms with E-state index in [0.29, 0.717) is 5.56 Å². The van der Waals surface area contributed by atoms with Crippen molar-refractivity contribution in [2.24, 2.45) is 0 Å². The molecule has 1 saturated heterocycles. The fraction of sp³-hybridized carbons (Fsp3) is 0.538. The van der Waals surface area contributed by atoms with Gasteiger partial charge in [0, 0.05) is 13.7 Å². The number of aliphatic hydroxyl groups excluding tert-OH is 1. The van der Waals surface area contributed by atoms with Crippen LogP contribution in [0.2, 0.25) is 0 Å². The first-order chi connectivity index (χ1) is 9.44. The minimum absolute atomic E-state index is 0.0349. The SMILES string of the molecule is COCCS(=O)(=O)N1C[C@@H](O)C[C@@H]1c1cccc(F)c1. The molecule has 7 heteroatoms. The summed E-state index contributed by atoms with van der Waals surface area (Å²) < 4.78 is 43.8. The van der Waals surface area contributed by atoms with Gasteiger partial charge in [0.05, 0.1) is 24.5 Å². The number of ether oxygens (including phenoxy) is 1. The number of nitrogens with zero attached hydrogens (tertiary/aromatic N) is 1. The third kappa shape index (κ3) is 3.35. The summed E-state index contributed by atoms with van der Waals surface area (Å²) >= 11 is 0. The number of hydrogen-bond acceptors (Lipinski definition) is 4. The maximum absolute atomic E-state index is 13.3. The average molecular weight is 303 g/mol. The second-order valence-electron chi connectivity index (χ2n) is 4.84. The molecule has 0 amide bonds. The van der Waals surface area contributed by atoms with E-state index < -0.39 is 28.0 Å². The third-order valence-corrected chi connectivity index (χ3v) is 5.17. The molecule has 5 nitrogen and oxygen atoms in total. The summed E-state index contributed by atoms with van der Waals surface area (Å²) in [6.07, 6.45) is -0.462. The summed E-state index contributed by atoms with van der Waals surface area (Å²) in [5, 5.41) is 9.76. The first-order valence-electron chi connectivity index (χ1n) is 6.36. The van der Waals surface area contributed by atoms with Crippen LogP contribution >= 0.6 is 0 Å². The van der Waals surface area contributed by atoms with Crippen LogP contribution in [-0.2, 0) is 14.8 Å². The zero-order valence-electron chi connectivity index (χ0n) is 11.2. The number of aliphatic hydroxyl groups is 1. The van der Waals surface area contributed by atoms with E-state index in [2.05, 4.69) is 0 Å². The van der Waals surface area contributed by atoms with E-state index in [1.54, 1.807) is 6.07 Å². The number of sulfonamides is 1. The number of hydrogen-bond donors (Lipinski definition) is 1. The van der Waals surface area contributed by atoms with Gasteiger partial charge in [0.25, 0.3) is 0 Å². The topological polar surface area (TPSA) is 66.8 Å². The molecule has 0 saturated carbocycles. The molecular weight excluding hydrogens is 285 g/mol. The number of halogens is 1. The van der Waals surface area contributed by atoms with Crippen molar-refractivity contribution in [3.05, 3.63) is 35.6 Å². The molecule has 0 radical (unpaired) electrons. The van der Waals surface area contributed by atoms with Gasteiger partial charge >= 0.3 is 0 Å². The lowest BCUT2D eigenvalue weighted by molar-refractivity contribution is 0.188. The largest absolute Gasteiger partial charge is 0.392 e. The van der Waals surface area contributed by atoms with Crippen LogP contribution in [0.25, 0.3) is 0 Å². The molecule has 1 aliphatic rings. The van der Waals surface area contributed by atoms with Crippen LogP contribution in [0.4, 0.5) is 4.39 Å². The van der Waals surface area contributed by atoms with Crippen molar-refractivity contribution in [3.63, 3.8) is 0 Å². The first-order valence-corrected chi connectivity index (χ1v) is 7.97. The van der Waals surface area contributed by atoms with Crippen LogP contribution in [0.15, 0.2) is 24.3 Å². The molecule has 1 N–H and O–H groups in total. The third-order valence-electron chi connectivity index (χ3n) is 3.37. The molecule has 2 rings (SSSR count). The smallest absolute Gasteiger partial charge is 0.217 e. The standard InChI is InChI=1S/C13H18FNO4S/c1-19-5-6-20(17,18)15-9-12(16)8-13(15)10-3-2-4-11(14)7-10/h2-4,7,12-13,16H,5-6,8-9H2,1H3/t12-,13+/m0/s1. The summed E-state index contributed by atoms with van der Waals surface area (Å²) in [7, 11) is -2.11. The van der Waals surface area contributed by atoms with Crippen molar-refractivity contribution < 1.29 is 22.7 Å². The monoisotopic (exact) mass is 303 g/mol. The molecule has 0 unspecified atom stereocenters. The lowest BCUT2D eigenvalue weighted by Gasteiger charge is -2.24. The van der Waals surface area contributed by atoms with E-state index in [4.69, 9.17) is 4.74 Å². The molecule has 0 aliphatic carbocycles. The molecule has 0 aromatic heterocycles. The fourth-order valence-electron chi connectivity index (χ4n) is 2.41. The predicted molar refractivity (Wildman–Crippen MR) is 72.1 cm³/mol. The van der Waals surface area contributed by atoms with Gasteiger partial charge in [0.15, 0.2) is 0 Å². The summed E-state index contributed by atoms with van der Waals surface area (Å²) in [6.45, 7) is 0.123. The number of benzene rings is 1. The highest BCUT2D eigenvalue weighted by Crippen LogP contribution is 2.34. The molecule has 1 aliphatic heterocycles. The average Bonchev–Trinajstić information content (AvgIpc) is 2.79. The van der Waals surface area contributed by atoms with Gasteiger partial charge < -0.3 is 9.84 Å². The highest BCUT2D eigenvalue weighted by Gasteiger charge is 2.39. The molecule has 20 heavy (non-hydrogen) atoms. The van der Waals surface area contributed by atoms with E-state index in [1.165, 1.54) is 29.6 Å². The molecular formula is C13H18FNO4S. The van der Waals surface area contributed by atoms with Gasteiger partial charge in [-0.15, -0.1) is 0 Å². The Balaban J connectivity index is 2.27. The molecule has 0 bridgehead atoms. The summed E-state index contributed by atoms with van der Waals surface area (Å²) in [6, 6.07) is 5.29. The number of β-amino-alcohol motifs (C(OH)–C–C–N with tert-alkyl or cyclic N) is 1. The fourth-order valence-corrected chi connectivity index (χ4v) is 4.02. The van der Waals surface area contributed by atoms with E-state index in [1.807, 2.05) is 0 Å². The Bertz CT molecular complexity index is 563. The van der Waals surface area contributed by atoms with Gasteiger partial charge in [0.1, 0.15) is 5.82 Å². The minimum Gasteiger partial charge on any atom is -0.392 e. The normalized spacial score (nSPS) is 24.1. The van der Waals surface area contributed by atoms with Crippen LogP contribution in [-0.4, -0.2) is 49.9 Å². The van der Waals surface area contributed by atoms with Gasteiger partial charge in [-0.3, -0.25) is 0 Å². The molecule has 112 valence electrons. The Morgan fingerprint density at radius 1 is 1.50 bits per heavy atom. The Morgan fingerprint density at radius 2 is 2.25 bits per heavy atom. The maximum atomic E-state index is 13.3. The zero-order chi connectivity index (χ0) is 14.8. The van der Waals surface area contributed by atoms with Crippen LogP contribution in [0, 0.1) is 5.82 Å². The number of rotatable bonds is 5. The van der Waals surface area contributed by atoms with Crippen molar-refractivity contribution in [3.8, 4) is 0 Å². The van der Waals surface area contributed by atoms with Gasteiger partial charge in [-0.25, -0.2) is 12.8 Å². The van der Waals surface area contributed by atoms with Crippen LogP contribution in [0.1, 0.15) is 18.0 Å². The van der Waals surface area contributed by atoms with Gasteiger partial charge in [-0.1, -0.05) is 12.1 Å². The predicted octanol–water partition coefficient (Wildman–Crippen LogP) is 0.910. The van der Waals surface area contributed by atoms with Crippen molar-refractivity contribution in [1.82, 2.24) is 4.31 Å². The van der Waals surface area contributed by atoms with Gasteiger partial charge in [0.2, 0.25) is 10.0 Å². The van der Waals surface area contributed by atoms with E-state index >= 15 is 0 Å². The molecule has 1 aromatic rings. The maximum Gasteiger partial charge on any atom is 0.217 e. The Hall–Kier alpha value is -1.02. The number of methoxy groups -OCH3 is 1. The second kappa shape index (κ2) is 6.17. The molecule has 1 fully saturated rings. The summed E-state index contributed by atoms with van der Waals surface area (Å²) in [4.78, 5) is 0. The Morgan fingerprint density at radius 3 is 2.90 bits per heavy atom. The molecule has 1 aromatic carbocycles. The van der Waals surface area contributed by atoms with Crippen LogP contribution < -0.4 is 0 Å². The van der Waals surface area contributed by atoms with E-state index in [0.717, 1.165) is 0 Å². The van der Waals surface area contributed by atoms with Crippen LogP contribution in [0.5, 0.6) is 0 Å². The minimum atomic E-state index is -3.54. The van der Waals surface area contributed by atoms with Gasteiger partial charge in [-0.05, 0) is 24.1 Å². The zero-order valence-corrected chi connectivity index (χ0v) is 12.0. The van der Waals surface area contributed by atoms with Crippen LogP contribution in [0.3, 0.4) is 0 Å². The quantitative estimate of drug-likeness (QED) is 0.878. The molecule has 2 atom stereocenters. The van der Waals surface area contributed by atoms with E-state index in [-0.39, 0.29) is 25.3 Å². The van der Waals surface area contributed by atoms with Crippen molar-refractivity contribution in [1.29, 1.82) is 0 Å². The highest BCUT2D eigenvalue weighted by atomic mass is 32.2. The van der Waals surface area contributed by atoms with Gasteiger partial charge in [-0.2, -0.15) is 4.31 Å². The van der Waals surface area contributed by atoms with Crippen molar-refractivity contribution in [2.75, 3.05) is 26.0 Å². The lowest BCUT2D eigenvalue weighted by atomic mass is 10.0. The first kappa shape index (κ1) is 15.4.